The number of benzene rings is 1. The number of nitrogens with one attached hydrogen (secondary N) is 2. The Balaban J connectivity index is 2.77. The van der Waals surface area contributed by atoms with Crippen molar-refractivity contribution in [3.63, 3.8) is 0 Å². The largest absolute Gasteiger partial charge is 0.450 e. The summed E-state index contributed by atoms with van der Waals surface area (Å²) >= 11 is 5.79. The van der Waals surface area contributed by atoms with E-state index in [2.05, 4.69) is 10.1 Å². The second kappa shape index (κ2) is 5.51. The van der Waals surface area contributed by atoms with Gasteiger partial charge in [-0.1, -0.05) is 11.6 Å². The first-order valence-electron chi connectivity index (χ1n) is 4.83. The number of carbonyl (C=O) groups is 1. The molecule has 2 N–H and O–H groups in total. The van der Waals surface area contributed by atoms with Crippen LogP contribution in [0.2, 0.25) is 5.02 Å². The first kappa shape index (κ1) is 12.5. The van der Waals surface area contributed by atoms with E-state index in [1.54, 1.807) is 25.1 Å². The van der Waals surface area contributed by atoms with Crippen LogP contribution in [-0.4, -0.2) is 18.5 Å². The summed E-state index contributed by atoms with van der Waals surface area (Å²) in [6.07, 6.45) is -0.623. The third-order valence-electron chi connectivity index (χ3n) is 1.96. The summed E-state index contributed by atoms with van der Waals surface area (Å²) in [5, 5.41) is 10.6. The van der Waals surface area contributed by atoms with E-state index in [-0.39, 0.29) is 12.4 Å². The van der Waals surface area contributed by atoms with Crippen molar-refractivity contribution in [2.75, 3.05) is 6.61 Å². The molecule has 1 rings (SSSR count). The standard InChI is InChI=1S/C11H13ClN2O2/c1-3-16-11(15)14-10(13)9-5-4-8(12)6-7(9)2/h4-6H,3H2,1-2H3,(H2,13,14,15). The SMILES string of the molecule is CCOC(=O)NC(=N)c1ccc(Cl)cc1C. The van der Waals surface area contributed by atoms with Gasteiger partial charge in [0.2, 0.25) is 0 Å². The second-order valence-electron chi connectivity index (χ2n) is 3.18. The molecule has 0 unspecified atom stereocenters. The molecule has 0 aliphatic rings. The van der Waals surface area contributed by atoms with Crippen LogP contribution < -0.4 is 5.32 Å². The zero-order valence-electron chi connectivity index (χ0n) is 9.13. The maximum absolute atomic E-state index is 11.1. The fourth-order valence-electron chi connectivity index (χ4n) is 1.24. The highest BCUT2D eigenvalue weighted by Gasteiger charge is 2.09. The van der Waals surface area contributed by atoms with Gasteiger partial charge in [0.05, 0.1) is 6.61 Å². The summed E-state index contributed by atoms with van der Waals surface area (Å²) in [7, 11) is 0. The van der Waals surface area contributed by atoms with Crippen molar-refractivity contribution >= 4 is 23.5 Å². The number of aryl methyl sites for hydroxylation is 1. The van der Waals surface area contributed by atoms with E-state index in [1.807, 2.05) is 6.92 Å². The maximum Gasteiger partial charge on any atom is 0.412 e. The van der Waals surface area contributed by atoms with E-state index in [9.17, 15) is 4.79 Å². The lowest BCUT2D eigenvalue weighted by molar-refractivity contribution is 0.158. The molecule has 0 fully saturated rings. The number of rotatable bonds is 2. The Bertz CT molecular complexity index is 418. The number of amidine groups is 1. The molecular weight excluding hydrogens is 228 g/mol. The third kappa shape index (κ3) is 3.24. The van der Waals surface area contributed by atoms with Crippen molar-refractivity contribution in [3.8, 4) is 0 Å². The zero-order valence-corrected chi connectivity index (χ0v) is 9.89. The minimum absolute atomic E-state index is 0.00705. The Hall–Kier alpha value is -1.55. The third-order valence-corrected chi connectivity index (χ3v) is 2.20. The number of carbonyl (C=O) groups excluding carboxylic acids is 1. The Morgan fingerprint density at radius 3 is 2.81 bits per heavy atom. The van der Waals surface area contributed by atoms with Gasteiger partial charge in [-0.05, 0) is 37.6 Å². The van der Waals surface area contributed by atoms with Gasteiger partial charge < -0.3 is 4.74 Å². The molecule has 0 aliphatic heterocycles. The van der Waals surface area contributed by atoms with Gasteiger partial charge >= 0.3 is 6.09 Å². The number of amides is 1. The maximum atomic E-state index is 11.1. The molecule has 0 aliphatic carbocycles. The summed E-state index contributed by atoms with van der Waals surface area (Å²) < 4.78 is 4.68. The first-order valence-corrected chi connectivity index (χ1v) is 5.21. The molecule has 0 atom stereocenters. The van der Waals surface area contributed by atoms with Crippen LogP contribution >= 0.6 is 11.6 Å². The molecule has 5 heteroatoms. The lowest BCUT2D eigenvalue weighted by atomic mass is 10.1. The van der Waals surface area contributed by atoms with Crippen LogP contribution in [0.4, 0.5) is 4.79 Å². The van der Waals surface area contributed by atoms with Crippen LogP contribution in [0.5, 0.6) is 0 Å². The Morgan fingerprint density at radius 1 is 1.56 bits per heavy atom. The normalized spacial score (nSPS) is 9.69. The van der Waals surface area contributed by atoms with Crippen molar-refractivity contribution in [1.29, 1.82) is 5.41 Å². The van der Waals surface area contributed by atoms with Crippen LogP contribution in [0.15, 0.2) is 18.2 Å². The van der Waals surface area contributed by atoms with E-state index < -0.39 is 6.09 Å². The number of alkyl carbamates (subject to hydrolysis) is 1. The molecule has 0 bridgehead atoms. The highest BCUT2D eigenvalue weighted by molar-refractivity contribution is 6.30. The van der Waals surface area contributed by atoms with Gasteiger partial charge in [0, 0.05) is 10.6 Å². The van der Waals surface area contributed by atoms with Gasteiger partial charge in [0.15, 0.2) is 0 Å². The summed E-state index contributed by atoms with van der Waals surface area (Å²) in [5.41, 5.74) is 1.45. The first-order chi connectivity index (χ1) is 7.54. The van der Waals surface area contributed by atoms with E-state index in [1.165, 1.54) is 0 Å². The van der Waals surface area contributed by atoms with Crippen LogP contribution in [0.25, 0.3) is 0 Å². The Labute approximate surface area is 99.1 Å². The van der Waals surface area contributed by atoms with E-state index in [0.717, 1.165) is 5.56 Å². The molecule has 0 saturated heterocycles. The molecule has 16 heavy (non-hydrogen) atoms. The molecule has 0 saturated carbocycles. The molecule has 86 valence electrons. The fourth-order valence-corrected chi connectivity index (χ4v) is 1.47. The van der Waals surface area contributed by atoms with Crippen LogP contribution in [-0.2, 0) is 4.74 Å². The predicted octanol–water partition coefficient (Wildman–Crippen LogP) is 2.72. The van der Waals surface area contributed by atoms with E-state index in [4.69, 9.17) is 17.0 Å². The van der Waals surface area contributed by atoms with Gasteiger partial charge in [0.25, 0.3) is 0 Å². The minimum atomic E-state index is -0.623. The van der Waals surface area contributed by atoms with Gasteiger partial charge in [-0.25, -0.2) is 4.79 Å². The molecule has 1 aromatic carbocycles. The second-order valence-corrected chi connectivity index (χ2v) is 3.62. The molecular formula is C11H13ClN2O2. The molecule has 4 nitrogen and oxygen atoms in total. The molecule has 0 aromatic heterocycles. The van der Waals surface area contributed by atoms with Crippen LogP contribution in [0, 0.1) is 12.3 Å². The number of ether oxygens (including phenoxy) is 1. The fraction of sp³-hybridized carbons (Fsp3) is 0.273. The van der Waals surface area contributed by atoms with Gasteiger partial charge in [-0.2, -0.15) is 0 Å². The molecule has 1 amide bonds. The summed E-state index contributed by atoms with van der Waals surface area (Å²) in [6.45, 7) is 3.80. The van der Waals surface area contributed by atoms with Gasteiger partial charge in [-0.3, -0.25) is 10.7 Å². The Kier molecular flexibility index (Phi) is 4.31. The molecule has 1 aromatic rings. The number of halogens is 1. The monoisotopic (exact) mass is 240 g/mol. The lowest BCUT2D eigenvalue weighted by Gasteiger charge is -2.09. The summed E-state index contributed by atoms with van der Waals surface area (Å²) in [5.74, 6) is 0.00705. The highest BCUT2D eigenvalue weighted by Crippen LogP contribution is 2.14. The molecule has 0 heterocycles. The molecule has 0 spiro atoms. The van der Waals surface area contributed by atoms with Crippen LogP contribution in [0.1, 0.15) is 18.1 Å². The molecule has 0 radical (unpaired) electrons. The Morgan fingerprint density at radius 2 is 2.25 bits per heavy atom. The van der Waals surface area contributed by atoms with Gasteiger partial charge in [0.1, 0.15) is 5.84 Å². The van der Waals surface area contributed by atoms with E-state index >= 15 is 0 Å². The number of hydrogen-bond donors (Lipinski definition) is 2. The number of hydrogen-bond acceptors (Lipinski definition) is 3. The van der Waals surface area contributed by atoms with Gasteiger partial charge in [-0.15, -0.1) is 0 Å². The average Bonchev–Trinajstić information content (AvgIpc) is 2.17. The topological polar surface area (TPSA) is 62.2 Å². The van der Waals surface area contributed by atoms with Crippen molar-refractivity contribution in [2.45, 2.75) is 13.8 Å². The highest BCUT2D eigenvalue weighted by atomic mass is 35.5. The smallest absolute Gasteiger partial charge is 0.412 e. The minimum Gasteiger partial charge on any atom is -0.450 e. The van der Waals surface area contributed by atoms with Crippen molar-refractivity contribution in [1.82, 2.24) is 5.32 Å². The summed E-state index contributed by atoms with van der Waals surface area (Å²) in [4.78, 5) is 11.1. The lowest BCUT2D eigenvalue weighted by Crippen LogP contribution is -2.31. The average molecular weight is 241 g/mol. The summed E-state index contributed by atoms with van der Waals surface area (Å²) in [6, 6.07) is 5.09. The zero-order chi connectivity index (χ0) is 12.1. The quantitative estimate of drug-likeness (QED) is 0.617. The predicted molar refractivity (Wildman–Crippen MR) is 63.2 cm³/mol. The van der Waals surface area contributed by atoms with Crippen molar-refractivity contribution < 1.29 is 9.53 Å². The van der Waals surface area contributed by atoms with E-state index in [0.29, 0.717) is 10.6 Å². The van der Waals surface area contributed by atoms with Crippen molar-refractivity contribution in [3.05, 3.63) is 34.3 Å². The van der Waals surface area contributed by atoms with Crippen molar-refractivity contribution in [2.24, 2.45) is 0 Å². The van der Waals surface area contributed by atoms with Crippen LogP contribution in [0.3, 0.4) is 0 Å².